The number of benzene rings is 2. The Morgan fingerprint density at radius 1 is 1.20 bits per heavy atom. The first kappa shape index (κ1) is 13.5. The standard InChI is InChI=1S/C13H9FN2O4/c14-8-1-3-9(4-2-8)15-12-6-5-10(16(19)20)7-11(12)13(17)18/h1-7,15H,(H,17,18). The molecule has 20 heavy (non-hydrogen) atoms. The number of nitrogens with zero attached hydrogens (tertiary/aromatic N) is 1. The average molecular weight is 276 g/mol. The number of carbonyl (C=O) groups is 1. The smallest absolute Gasteiger partial charge is 0.338 e. The summed E-state index contributed by atoms with van der Waals surface area (Å²) in [6, 6.07) is 8.75. The Bertz CT molecular complexity index is 671. The molecule has 0 atom stereocenters. The van der Waals surface area contributed by atoms with E-state index in [0.29, 0.717) is 5.69 Å². The van der Waals surface area contributed by atoms with Crippen LogP contribution in [0.3, 0.4) is 0 Å². The molecule has 0 spiro atoms. The predicted octanol–water partition coefficient (Wildman–Crippen LogP) is 3.18. The number of halogens is 1. The van der Waals surface area contributed by atoms with Gasteiger partial charge in [-0.2, -0.15) is 0 Å². The molecule has 2 aromatic carbocycles. The molecule has 6 nitrogen and oxygen atoms in total. The number of carboxylic acid groups (broad SMARTS) is 1. The van der Waals surface area contributed by atoms with Crippen molar-refractivity contribution in [2.75, 3.05) is 5.32 Å². The summed E-state index contributed by atoms with van der Waals surface area (Å²) in [5, 5.41) is 22.5. The van der Waals surface area contributed by atoms with Gasteiger partial charge in [0.05, 0.1) is 16.2 Å². The van der Waals surface area contributed by atoms with E-state index in [1.165, 1.54) is 36.4 Å². The number of carboxylic acids is 1. The van der Waals surface area contributed by atoms with Crippen molar-refractivity contribution in [2.24, 2.45) is 0 Å². The summed E-state index contributed by atoms with van der Waals surface area (Å²) >= 11 is 0. The second-order valence-electron chi connectivity index (χ2n) is 3.92. The maximum Gasteiger partial charge on any atom is 0.338 e. The second kappa shape index (κ2) is 5.35. The van der Waals surface area contributed by atoms with Gasteiger partial charge in [-0.25, -0.2) is 9.18 Å². The van der Waals surface area contributed by atoms with E-state index in [1.54, 1.807) is 0 Å². The van der Waals surface area contributed by atoms with Crippen LogP contribution in [0.15, 0.2) is 42.5 Å². The number of hydrogen-bond donors (Lipinski definition) is 2. The van der Waals surface area contributed by atoms with Crippen LogP contribution < -0.4 is 5.32 Å². The van der Waals surface area contributed by atoms with Gasteiger partial charge in [0.15, 0.2) is 0 Å². The van der Waals surface area contributed by atoms with Gasteiger partial charge in [0, 0.05) is 17.8 Å². The van der Waals surface area contributed by atoms with Crippen molar-refractivity contribution < 1.29 is 19.2 Å². The number of rotatable bonds is 4. The van der Waals surface area contributed by atoms with Crippen molar-refractivity contribution in [1.82, 2.24) is 0 Å². The van der Waals surface area contributed by atoms with Gasteiger partial charge in [-0.05, 0) is 30.3 Å². The SMILES string of the molecule is O=C(O)c1cc([N+](=O)[O-])ccc1Nc1ccc(F)cc1. The topological polar surface area (TPSA) is 92.5 Å². The fourth-order valence-corrected chi connectivity index (χ4v) is 1.62. The molecular formula is C13H9FN2O4. The van der Waals surface area contributed by atoms with Crippen LogP contribution in [0.5, 0.6) is 0 Å². The van der Waals surface area contributed by atoms with Gasteiger partial charge >= 0.3 is 5.97 Å². The summed E-state index contributed by atoms with van der Waals surface area (Å²) in [5.74, 6) is -1.71. The molecule has 0 saturated heterocycles. The first-order valence-corrected chi connectivity index (χ1v) is 5.51. The van der Waals surface area contributed by atoms with Crippen molar-refractivity contribution in [1.29, 1.82) is 0 Å². The molecule has 2 rings (SSSR count). The van der Waals surface area contributed by atoms with Crippen molar-refractivity contribution >= 4 is 23.0 Å². The average Bonchev–Trinajstić information content (AvgIpc) is 2.41. The minimum atomic E-state index is -1.29. The number of anilines is 2. The van der Waals surface area contributed by atoms with Crippen molar-refractivity contribution in [2.45, 2.75) is 0 Å². The van der Waals surface area contributed by atoms with E-state index in [4.69, 9.17) is 5.11 Å². The van der Waals surface area contributed by atoms with Gasteiger partial charge in [0.1, 0.15) is 5.82 Å². The molecule has 0 saturated carbocycles. The van der Waals surface area contributed by atoms with Gasteiger partial charge in [-0.1, -0.05) is 0 Å². The summed E-state index contributed by atoms with van der Waals surface area (Å²) in [6.45, 7) is 0. The maximum absolute atomic E-state index is 12.8. The van der Waals surface area contributed by atoms with Gasteiger partial charge < -0.3 is 10.4 Å². The molecular weight excluding hydrogens is 267 g/mol. The van der Waals surface area contributed by atoms with E-state index in [1.807, 2.05) is 0 Å². The molecule has 2 aromatic rings. The number of non-ortho nitro benzene ring substituents is 1. The number of nitrogens with one attached hydrogen (secondary N) is 1. The Balaban J connectivity index is 2.38. The Morgan fingerprint density at radius 3 is 2.40 bits per heavy atom. The van der Waals surface area contributed by atoms with E-state index in [9.17, 15) is 19.3 Å². The van der Waals surface area contributed by atoms with Crippen LogP contribution in [-0.4, -0.2) is 16.0 Å². The Hall–Kier alpha value is -2.96. The molecule has 7 heteroatoms. The summed E-state index contributed by atoms with van der Waals surface area (Å²) < 4.78 is 12.8. The first-order chi connectivity index (χ1) is 9.47. The van der Waals surface area contributed by atoms with Crippen LogP contribution in [-0.2, 0) is 0 Å². The van der Waals surface area contributed by atoms with Crippen molar-refractivity contribution in [3.8, 4) is 0 Å². The monoisotopic (exact) mass is 276 g/mol. The lowest BCUT2D eigenvalue weighted by Crippen LogP contribution is -2.04. The molecule has 0 fully saturated rings. The van der Waals surface area contributed by atoms with Crippen molar-refractivity contribution in [3.05, 3.63) is 64.0 Å². The summed E-state index contributed by atoms with van der Waals surface area (Å²) in [5.41, 5.74) is 0.119. The number of nitro benzene ring substituents is 1. The number of aromatic carboxylic acids is 1. The molecule has 0 aliphatic carbocycles. The highest BCUT2D eigenvalue weighted by atomic mass is 19.1. The third kappa shape index (κ3) is 2.89. The Morgan fingerprint density at radius 2 is 1.85 bits per heavy atom. The minimum absolute atomic E-state index is 0.190. The number of nitro groups is 1. The molecule has 102 valence electrons. The van der Waals surface area contributed by atoms with Crippen LogP contribution in [0.25, 0.3) is 0 Å². The summed E-state index contributed by atoms with van der Waals surface area (Å²) in [6.07, 6.45) is 0. The molecule has 0 unspecified atom stereocenters. The van der Waals surface area contributed by atoms with Gasteiger partial charge in [-0.3, -0.25) is 10.1 Å². The Kier molecular flexibility index (Phi) is 3.60. The zero-order valence-corrected chi connectivity index (χ0v) is 10.0. The van der Waals surface area contributed by atoms with E-state index < -0.39 is 16.7 Å². The summed E-state index contributed by atoms with van der Waals surface area (Å²) in [4.78, 5) is 21.1. The van der Waals surface area contributed by atoms with E-state index in [0.717, 1.165) is 6.07 Å². The number of hydrogen-bond acceptors (Lipinski definition) is 4. The maximum atomic E-state index is 12.8. The van der Waals surface area contributed by atoms with Gasteiger partial charge in [0.2, 0.25) is 0 Å². The van der Waals surface area contributed by atoms with Crippen LogP contribution in [0.1, 0.15) is 10.4 Å². The lowest BCUT2D eigenvalue weighted by atomic mass is 10.1. The molecule has 0 radical (unpaired) electrons. The van der Waals surface area contributed by atoms with E-state index in [-0.39, 0.29) is 16.9 Å². The summed E-state index contributed by atoms with van der Waals surface area (Å²) in [7, 11) is 0. The highest BCUT2D eigenvalue weighted by Crippen LogP contribution is 2.25. The largest absolute Gasteiger partial charge is 0.478 e. The van der Waals surface area contributed by atoms with Crippen LogP contribution in [0.2, 0.25) is 0 Å². The quantitative estimate of drug-likeness (QED) is 0.660. The van der Waals surface area contributed by atoms with Gasteiger partial charge in [-0.15, -0.1) is 0 Å². The van der Waals surface area contributed by atoms with E-state index in [2.05, 4.69) is 5.32 Å². The van der Waals surface area contributed by atoms with Crippen LogP contribution in [0.4, 0.5) is 21.5 Å². The third-order valence-electron chi connectivity index (χ3n) is 2.57. The molecule has 0 aliphatic rings. The van der Waals surface area contributed by atoms with Crippen LogP contribution in [0, 0.1) is 15.9 Å². The normalized spacial score (nSPS) is 10.1. The molecule has 0 heterocycles. The first-order valence-electron chi connectivity index (χ1n) is 5.51. The third-order valence-corrected chi connectivity index (χ3v) is 2.57. The van der Waals surface area contributed by atoms with Crippen LogP contribution >= 0.6 is 0 Å². The molecule has 0 aliphatic heterocycles. The minimum Gasteiger partial charge on any atom is -0.478 e. The highest BCUT2D eigenvalue weighted by Gasteiger charge is 2.16. The van der Waals surface area contributed by atoms with Gasteiger partial charge in [0.25, 0.3) is 5.69 Å². The lowest BCUT2D eigenvalue weighted by Gasteiger charge is -2.09. The fraction of sp³-hybridized carbons (Fsp3) is 0. The van der Waals surface area contributed by atoms with Crippen molar-refractivity contribution in [3.63, 3.8) is 0 Å². The predicted molar refractivity (Wildman–Crippen MR) is 69.7 cm³/mol. The zero-order valence-electron chi connectivity index (χ0n) is 10.0. The second-order valence-corrected chi connectivity index (χ2v) is 3.92. The fourth-order valence-electron chi connectivity index (χ4n) is 1.62. The molecule has 0 bridgehead atoms. The van der Waals surface area contributed by atoms with E-state index >= 15 is 0 Å². The lowest BCUT2D eigenvalue weighted by molar-refractivity contribution is -0.384. The molecule has 0 aromatic heterocycles. The molecule has 2 N–H and O–H groups in total. The molecule has 0 amide bonds. The highest BCUT2D eigenvalue weighted by molar-refractivity contribution is 5.96. The Labute approximate surface area is 112 Å². The zero-order chi connectivity index (χ0) is 14.7.